The smallest absolute Gasteiger partial charge is 0.228 e. The summed E-state index contributed by atoms with van der Waals surface area (Å²) in [5.41, 5.74) is 2.73. The Morgan fingerprint density at radius 2 is 1.85 bits per heavy atom. The van der Waals surface area contributed by atoms with E-state index < -0.39 is 11.2 Å². The lowest BCUT2D eigenvalue weighted by Gasteiger charge is -2.33. The zero-order valence-corrected chi connectivity index (χ0v) is 20.1. The lowest BCUT2D eigenvalue weighted by molar-refractivity contribution is 0.208. The number of aliphatic hydroxyl groups excluding tert-OH is 1. The molecule has 5 rings (SSSR count). The molecule has 8 nitrogen and oxygen atoms in total. The van der Waals surface area contributed by atoms with Crippen LogP contribution < -0.4 is 9.80 Å². The molecule has 0 radical (unpaired) electrons. The maximum atomic E-state index is 12.0. The number of anilines is 2. The Hall–Kier alpha value is -2.14. The molecule has 2 fully saturated rings. The van der Waals surface area contributed by atoms with E-state index in [1.807, 2.05) is 18.2 Å². The summed E-state index contributed by atoms with van der Waals surface area (Å²) in [6.45, 7) is 3.16. The summed E-state index contributed by atoms with van der Waals surface area (Å²) in [6.07, 6.45) is 3.62. The summed E-state index contributed by atoms with van der Waals surface area (Å²) in [6, 6.07) is 10.3. The molecular weight excluding hydrogens is 456 g/mol. The first-order valence-electron chi connectivity index (χ1n) is 11.4. The summed E-state index contributed by atoms with van der Waals surface area (Å²) in [4.78, 5) is 23.4. The number of thioether (sulfide) groups is 1. The van der Waals surface area contributed by atoms with Crippen LogP contribution in [0.3, 0.4) is 0 Å². The zero-order chi connectivity index (χ0) is 22.6. The van der Waals surface area contributed by atoms with E-state index in [1.165, 1.54) is 5.56 Å². The fraction of sp³-hybridized carbons (Fsp3) is 0.478. The first-order chi connectivity index (χ1) is 16.2. The van der Waals surface area contributed by atoms with Crippen molar-refractivity contribution in [2.45, 2.75) is 23.6 Å². The largest absolute Gasteiger partial charge is 0.616 e. The van der Waals surface area contributed by atoms with Gasteiger partial charge in [-0.3, -0.25) is 0 Å². The molecule has 33 heavy (non-hydrogen) atoms. The van der Waals surface area contributed by atoms with Crippen molar-refractivity contribution in [2.24, 2.45) is 5.92 Å². The Morgan fingerprint density at radius 3 is 2.64 bits per heavy atom. The third-order valence-corrected chi connectivity index (χ3v) is 8.50. The summed E-state index contributed by atoms with van der Waals surface area (Å²) in [7, 11) is 0. The van der Waals surface area contributed by atoms with E-state index in [0.29, 0.717) is 30.5 Å². The van der Waals surface area contributed by atoms with E-state index in [4.69, 9.17) is 9.97 Å². The van der Waals surface area contributed by atoms with E-state index in [-0.39, 0.29) is 12.5 Å². The number of hydrogen-bond acceptors (Lipinski definition) is 9. The summed E-state index contributed by atoms with van der Waals surface area (Å²) in [5.74, 6) is 3.76. The maximum absolute atomic E-state index is 12.0. The summed E-state index contributed by atoms with van der Waals surface area (Å²) < 4.78 is 12.0. The zero-order valence-electron chi connectivity index (χ0n) is 18.5. The molecule has 1 N–H and O–H groups in total. The van der Waals surface area contributed by atoms with Gasteiger partial charge in [-0.2, -0.15) is 4.98 Å². The minimum Gasteiger partial charge on any atom is -0.616 e. The minimum atomic E-state index is -0.773. The van der Waals surface area contributed by atoms with E-state index >= 15 is 0 Å². The van der Waals surface area contributed by atoms with Crippen molar-refractivity contribution < 1.29 is 9.66 Å². The molecular formula is C23H28N6O2S2. The molecule has 3 aromatic rings. The highest BCUT2D eigenvalue weighted by Crippen LogP contribution is 2.33. The second-order valence-corrected chi connectivity index (χ2v) is 11.1. The average molecular weight is 485 g/mol. The third kappa shape index (κ3) is 5.18. The van der Waals surface area contributed by atoms with Crippen LogP contribution in [0.15, 0.2) is 41.7 Å². The SMILES string of the molecule is [O-][S+]1CCN(c2nc(N3CCCC(CO)C3)nc3c(SCc4ccccc4)ncnc23)CC1. The molecule has 0 spiro atoms. The van der Waals surface area contributed by atoms with Crippen molar-refractivity contribution in [1.29, 1.82) is 0 Å². The maximum Gasteiger partial charge on any atom is 0.228 e. The highest BCUT2D eigenvalue weighted by Gasteiger charge is 2.27. The van der Waals surface area contributed by atoms with E-state index in [0.717, 1.165) is 53.6 Å². The molecule has 2 aliphatic rings. The van der Waals surface area contributed by atoms with Gasteiger partial charge >= 0.3 is 0 Å². The van der Waals surface area contributed by atoms with Crippen molar-refractivity contribution in [3.63, 3.8) is 0 Å². The molecule has 0 aliphatic carbocycles. The van der Waals surface area contributed by atoms with Crippen LogP contribution in [0.1, 0.15) is 18.4 Å². The Bertz CT molecular complexity index is 1080. The van der Waals surface area contributed by atoms with E-state index in [2.05, 4.69) is 31.9 Å². The van der Waals surface area contributed by atoms with Gasteiger partial charge in [0.2, 0.25) is 5.95 Å². The number of aliphatic hydroxyl groups is 1. The minimum absolute atomic E-state index is 0.177. The van der Waals surface area contributed by atoms with Gasteiger partial charge in [0.05, 0.1) is 13.1 Å². The Morgan fingerprint density at radius 1 is 1.03 bits per heavy atom. The topological polar surface area (TPSA) is 101 Å². The van der Waals surface area contributed by atoms with Gasteiger partial charge in [-0.05, 0) is 24.3 Å². The first-order valence-corrected chi connectivity index (χ1v) is 13.8. The molecule has 2 aliphatic heterocycles. The monoisotopic (exact) mass is 484 g/mol. The number of benzene rings is 1. The van der Waals surface area contributed by atoms with Gasteiger partial charge in [-0.15, -0.1) is 0 Å². The van der Waals surface area contributed by atoms with Crippen molar-refractivity contribution in [3.8, 4) is 0 Å². The van der Waals surface area contributed by atoms with Crippen LogP contribution in [0.5, 0.6) is 0 Å². The predicted molar refractivity (Wildman–Crippen MR) is 133 cm³/mol. The van der Waals surface area contributed by atoms with Gasteiger partial charge in [-0.25, -0.2) is 15.0 Å². The van der Waals surface area contributed by atoms with Crippen LogP contribution in [-0.2, 0) is 16.9 Å². The van der Waals surface area contributed by atoms with Crippen LogP contribution in [0, 0.1) is 5.92 Å². The molecule has 0 bridgehead atoms. The van der Waals surface area contributed by atoms with Crippen molar-refractivity contribution in [3.05, 3.63) is 42.2 Å². The van der Waals surface area contributed by atoms with Crippen LogP contribution in [0.2, 0.25) is 0 Å². The molecule has 174 valence electrons. The second kappa shape index (κ2) is 10.4. The van der Waals surface area contributed by atoms with Crippen LogP contribution in [0.25, 0.3) is 11.0 Å². The van der Waals surface area contributed by atoms with Gasteiger partial charge in [0.1, 0.15) is 33.9 Å². The lowest BCUT2D eigenvalue weighted by atomic mass is 9.99. The Balaban J connectivity index is 1.53. The number of fused-ring (bicyclic) bond motifs is 1. The van der Waals surface area contributed by atoms with Gasteiger partial charge in [-0.1, -0.05) is 53.3 Å². The van der Waals surface area contributed by atoms with Gasteiger partial charge in [0, 0.05) is 25.4 Å². The molecule has 4 heterocycles. The number of nitrogens with zero attached hydrogens (tertiary/aromatic N) is 6. The Kier molecular flexibility index (Phi) is 7.15. The summed E-state index contributed by atoms with van der Waals surface area (Å²) >= 11 is 0.879. The van der Waals surface area contributed by atoms with Crippen molar-refractivity contribution in [2.75, 3.05) is 54.1 Å². The fourth-order valence-electron chi connectivity index (χ4n) is 4.34. The number of piperidine rings is 1. The fourth-order valence-corrected chi connectivity index (χ4v) is 6.29. The quantitative estimate of drug-likeness (QED) is 0.321. The van der Waals surface area contributed by atoms with Gasteiger partial charge < -0.3 is 19.5 Å². The molecule has 1 aromatic carbocycles. The Labute approximate surface area is 201 Å². The van der Waals surface area contributed by atoms with Crippen LogP contribution >= 0.6 is 11.8 Å². The molecule has 0 saturated carbocycles. The molecule has 0 amide bonds. The summed E-state index contributed by atoms with van der Waals surface area (Å²) in [5, 5.41) is 10.5. The lowest BCUT2D eigenvalue weighted by Crippen LogP contribution is -2.42. The third-order valence-electron chi connectivity index (χ3n) is 6.17. The van der Waals surface area contributed by atoms with E-state index in [1.54, 1.807) is 18.1 Å². The van der Waals surface area contributed by atoms with Crippen LogP contribution in [-0.4, -0.2) is 73.9 Å². The van der Waals surface area contributed by atoms with Crippen molar-refractivity contribution in [1.82, 2.24) is 19.9 Å². The highest BCUT2D eigenvalue weighted by atomic mass is 32.2. The number of aromatic nitrogens is 4. The van der Waals surface area contributed by atoms with Crippen LogP contribution in [0.4, 0.5) is 11.8 Å². The first kappa shape index (κ1) is 22.6. The average Bonchev–Trinajstić information content (AvgIpc) is 2.88. The second-order valence-electron chi connectivity index (χ2n) is 8.47. The molecule has 10 heteroatoms. The molecule has 1 atom stereocenters. The molecule has 2 saturated heterocycles. The predicted octanol–water partition coefficient (Wildman–Crippen LogP) is 2.49. The normalized spacial score (nSPS) is 19.9. The van der Waals surface area contributed by atoms with Gasteiger partial charge in [0.15, 0.2) is 5.82 Å². The molecule has 1 unspecified atom stereocenters. The highest BCUT2D eigenvalue weighted by molar-refractivity contribution is 7.98. The number of hydrogen-bond donors (Lipinski definition) is 1. The van der Waals surface area contributed by atoms with Gasteiger partial charge in [0.25, 0.3) is 0 Å². The van der Waals surface area contributed by atoms with Crippen molar-refractivity contribution >= 4 is 45.7 Å². The standard InChI is InChI=1S/C23H28N6O2S2/c30-14-18-7-4-8-29(13-18)23-26-20-19(21(27-23)28-9-11-33(31)12-10-28)24-16-25-22(20)32-15-17-5-2-1-3-6-17/h1-3,5-6,16,18,30H,4,7-15H2. The molecule has 2 aromatic heterocycles. The van der Waals surface area contributed by atoms with E-state index in [9.17, 15) is 9.66 Å². The number of rotatable bonds is 6.